The number of amides is 1. The standard InChI is InChI=1S/C23H24FNO4/c1-4-20-22(23(27)29-3)19(16-6-5-7-17(24)12-16)13-21(26)25(20)14-15-8-10-18(28-2)11-9-15/h5-12,19H,4,13-14H2,1-3H3. The normalized spacial score (nSPS) is 16.8. The molecule has 0 spiro atoms. The Bertz CT molecular complexity index is 936. The largest absolute Gasteiger partial charge is 0.497 e. The van der Waals surface area contributed by atoms with Gasteiger partial charge in [0.05, 0.1) is 26.3 Å². The molecule has 0 fully saturated rings. The second-order valence-corrected chi connectivity index (χ2v) is 6.85. The molecule has 0 aliphatic carbocycles. The summed E-state index contributed by atoms with van der Waals surface area (Å²) in [7, 11) is 2.91. The third-order valence-electron chi connectivity index (χ3n) is 5.16. The van der Waals surface area contributed by atoms with Crippen molar-refractivity contribution in [3.05, 3.63) is 76.7 Å². The summed E-state index contributed by atoms with van der Waals surface area (Å²) in [6, 6.07) is 13.5. The van der Waals surface area contributed by atoms with Crippen molar-refractivity contribution in [2.45, 2.75) is 32.2 Å². The Morgan fingerprint density at radius 3 is 2.48 bits per heavy atom. The first-order valence-corrected chi connectivity index (χ1v) is 9.48. The van der Waals surface area contributed by atoms with E-state index in [1.807, 2.05) is 31.2 Å². The monoisotopic (exact) mass is 397 g/mol. The molecule has 1 amide bonds. The molecule has 152 valence electrons. The molecule has 6 heteroatoms. The lowest BCUT2D eigenvalue weighted by Gasteiger charge is -2.35. The number of hydrogen-bond donors (Lipinski definition) is 0. The highest BCUT2D eigenvalue weighted by molar-refractivity contribution is 5.95. The van der Waals surface area contributed by atoms with Crippen molar-refractivity contribution in [2.24, 2.45) is 0 Å². The number of methoxy groups -OCH3 is 2. The van der Waals surface area contributed by atoms with Crippen LogP contribution in [0.15, 0.2) is 59.8 Å². The predicted octanol–water partition coefficient (Wildman–Crippen LogP) is 4.19. The second kappa shape index (κ2) is 8.90. The third-order valence-corrected chi connectivity index (χ3v) is 5.16. The Kier molecular flexibility index (Phi) is 6.32. The molecule has 2 aromatic rings. The van der Waals surface area contributed by atoms with Crippen molar-refractivity contribution >= 4 is 11.9 Å². The molecular formula is C23H24FNO4. The molecule has 0 N–H and O–H groups in total. The quantitative estimate of drug-likeness (QED) is 0.686. The molecule has 29 heavy (non-hydrogen) atoms. The molecular weight excluding hydrogens is 373 g/mol. The lowest BCUT2D eigenvalue weighted by molar-refractivity contribution is -0.138. The highest BCUT2D eigenvalue weighted by Gasteiger charge is 2.37. The van der Waals surface area contributed by atoms with Crippen LogP contribution in [0.1, 0.15) is 36.8 Å². The molecule has 5 nitrogen and oxygen atoms in total. The Morgan fingerprint density at radius 1 is 1.17 bits per heavy atom. The van der Waals surface area contributed by atoms with Crippen molar-refractivity contribution in [3.8, 4) is 5.75 Å². The highest BCUT2D eigenvalue weighted by Crippen LogP contribution is 2.39. The molecule has 0 radical (unpaired) electrons. The van der Waals surface area contributed by atoms with Crippen molar-refractivity contribution in [1.29, 1.82) is 0 Å². The molecule has 1 heterocycles. The third kappa shape index (κ3) is 4.31. The fraction of sp³-hybridized carbons (Fsp3) is 0.304. The summed E-state index contributed by atoms with van der Waals surface area (Å²) in [5, 5.41) is 0. The second-order valence-electron chi connectivity index (χ2n) is 6.85. The number of rotatable bonds is 6. The van der Waals surface area contributed by atoms with Gasteiger partial charge in [0.1, 0.15) is 11.6 Å². The average Bonchev–Trinajstić information content (AvgIpc) is 2.74. The Hall–Kier alpha value is -3.15. The van der Waals surface area contributed by atoms with Gasteiger partial charge in [0.15, 0.2) is 0 Å². The van der Waals surface area contributed by atoms with Crippen molar-refractivity contribution in [1.82, 2.24) is 4.90 Å². The van der Waals surface area contributed by atoms with Crippen molar-refractivity contribution < 1.29 is 23.5 Å². The zero-order valence-corrected chi connectivity index (χ0v) is 16.8. The molecule has 1 aliphatic rings. The van der Waals surface area contributed by atoms with Crippen LogP contribution in [-0.4, -0.2) is 31.0 Å². The average molecular weight is 397 g/mol. The minimum absolute atomic E-state index is 0.0769. The van der Waals surface area contributed by atoms with Crippen LogP contribution in [0.3, 0.4) is 0 Å². The Labute approximate surface area is 169 Å². The SMILES string of the molecule is CCC1=C(C(=O)OC)C(c2cccc(F)c2)CC(=O)N1Cc1ccc(OC)cc1. The van der Waals surface area contributed by atoms with Gasteiger partial charge < -0.3 is 14.4 Å². The molecule has 0 saturated heterocycles. The van der Waals surface area contributed by atoms with Crippen LogP contribution >= 0.6 is 0 Å². The number of esters is 1. The van der Waals surface area contributed by atoms with Gasteiger partial charge in [-0.2, -0.15) is 0 Å². The smallest absolute Gasteiger partial charge is 0.336 e. The summed E-state index contributed by atoms with van der Waals surface area (Å²) >= 11 is 0. The van der Waals surface area contributed by atoms with E-state index in [1.165, 1.54) is 19.2 Å². The van der Waals surface area contributed by atoms with E-state index < -0.39 is 17.7 Å². The van der Waals surface area contributed by atoms with E-state index in [1.54, 1.807) is 24.1 Å². The molecule has 1 atom stereocenters. The van der Waals surface area contributed by atoms with Crippen LogP contribution in [0.25, 0.3) is 0 Å². The van der Waals surface area contributed by atoms with Gasteiger partial charge in [-0.1, -0.05) is 31.2 Å². The summed E-state index contributed by atoms with van der Waals surface area (Å²) in [5.74, 6) is -0.820. The summed E-state index contributed by atoms with van der Waals surface area (Å²) in [4.78, 5) is 27.3. The summed E-state index contributed by atoms with van der Waals surface area (Å²) in [6.45, 7) is 2.23. The van der Waals surface area contributed by atoms with E-state index in [2.05, 4.69) is 0 Å². The number of ether oxygens (including phenoxy) is 2. The topological polar surface area (TPSA) is 55.8 Å². The Morgan fingerprint density at radius 2 is 1.90 bits per heavy atom. The lowest BCUT2D eigenvalue weighted by atomic mass is 9.82. The summed E-state index contributed by atoms with van der Waals surface area (Å²) in [5.41, 5.74) is 2.53. The first-order valence-electron chi connectivity index (χ1n) is 9.48. The maximum absolute atomic E-state index is 13.8. The first-order chi connectivity index (χ1) is 14.0. The van der Waals surface area contributed by atoms with Crippen LogP contribution < -0.4 is 4.74 Å². The minimum atomic E-state index is -0.535. The van der Waals surface area contributed by atoms with E-state index in [-0.39, 0.29) is 12.3 Å². The predicted molar refractivity (Wildman–Crippen MR) is 107 cm³/mol. The van der Waals surface area contributed by atoms with Crippen LogP contribution in [0, 0.1) is 5.82 Å². The van der Waals surface area contributed by atoms with Crippen molar-refractivity contribution in [3.63, 3.8) is 0 Å². The van der Waals surface area contributed by atoms with E-state index in [4.69, 9.17) is 9.47 Å². The fourth-order valence-corrected chi connectivity index (χ4v) is 3.74. The Balaban J connectivity index is 2.04. The summed E-state index contributed by atoms with van der Waals surface area (Å²) < 4.78 is 24.0. The molecule has 0 bridgehead atoms. The lowest BCUT2D eigenvalue weighted by Crippen LogP contribution is -2.38. The van der Waals surface area contributed by atoms with Gasteiger partial charge in [0.2, 0.25) is 5.91 Å². The number of nitrogens with zero attached hydrogens (tertiary/aromatic N) is 1. The van der Waals surface area contributed by atoms with Gasteiger partial charge in [-0.15, -0.1) is 0 Å². The number of allylic oxidation sites excluding steroid dienone is 1. The molecule has 0 saturated carbocycles. The first kappa shape index (κ1) is 20.6. The van der Waals surface area contributed by atoms with E-state index in [0.717, 1.165) is 11.3 Å². The van der Waals surface area contributed by atoms with Crippen LogP contribution in [0.2, 0.25) is 0 Å². The van der Waals surface area contributed by atoms with E-state index in [0.29, 0.717) is 29.8 Å². The number of hydrogen-bond acceptors (Lipinski definition) is 4. The van der Waals surface area contributed by atoms with Gasteiger partial charge in [-0.25, -0.2) is 9.18 Å². The van der Waals surface area contributed by atoms with Gasteiger partial charge in [-0.3, -0.25) is 4.79 Å². The maximum atomic E-state index is 13.8. The zero-order valence-electron chi connectivity index (χ0n) is 16.8. The highest BCUT2D eigenvalue weighted by atomic mass is 19.1. The molecule has 1 aliphatic heterocycles. The van der Waals surface area contributed by atoms with E-state index in [9.17, 15) is 14.0 Å². The minimum Gasteiger partial charge on any atom is -0.497 e. The van der Waals surface area contributed by atoms with Crippen LogP contribution in [0.5, 0.6) is 5.75 Å². The molecule has 1 unspecified atom stereocenters. The summed E-state index contributed by atoms with van der Waals surface area (Å²) in [6.07, 6.45) is 0.547. The van der Waals surface area contributed by atoms with Crippen molar-refractivity contribution in [2.75, 3.05) is 14.2 Å². The van der Waals surface area contributed by atoms with Gasteiger partial charge >= 0.3 is 5.97 Å². The number of carbonyl (C=O) groups is 2. The van der Waals surface area contributed by atoms with E-state index >= 15 is 0 Å². The number of halogens is 1. The fourth-order valence-electron chi connectivity index (χ4n) is 3.74. The molecule has 0 aromatic heterocycles. The molecule has 3 rings (SSSR count). The zero-order chi connectivity index (χ0) is 21.0. The molecule has 2 aromatic carbocycles. The van der Waals surface area contributed by atoms with Gasteiger partial charge in [-0.05, 0) is 41.8 Å². The van der Waals surface area contributed by atoms with Crippen LogP contribution in [-0.2, 0) is 20.9 Å². The number of carbonyl (C=O) groups excluding carboxylic acids is 2. The number of benzene rings is 2. The van der Waals surface area contributed by atoms with Crippen LogP contribution in [0.4, 0.5) is 4.39 Å². The van der Waals surface area contributed by atoms with Gasteiger partial charge in [0, 0.05) is 18.0 Å². The van der Waals surface area contributed by atoms with Gasteiger partial charge in [0.25, 0.3) is 0 Å². The maximum Gasteiger partial charge on any atom is 0.336 e.